The number of allylic oxidation sites excluding steroid dienone is 4. The van der Waals surface area contributed by atoms with Gasteiger partial charge in [-0.25, -0.2) is 0 Å². The second-order valence-electron chi connectivity index (χ2n) is 9.52. The third-order valence-electron chi connectivity index (χ3n) is 8.74. The summed E-state index contributed by atoms with van der Waals surface area (Å²) in [5.74, 6) is -0.206. The molecule has 7 atom stereocenters. The van der Waals surface area contributed by atoms with Gasteiger partial charge in [0.15, 0.2) is 11.6 Å². The van der Waals surface area contributed by atoms with E-state index in [1.807, 2.05) is 6.92 Å². The van der Waals surface area contributed by atoms with Crippen LogP contribution in [0.3, 0.4) is 0 Å². The number of hydrogen-bond donors (Lipinski definition) is 3. The van der Waals surface area contributed by atoms with Crippen molar-refractivity contribution in [3.8, 4) is 0 Å². The molecule has 0 heterocycles. The van der Waals surface area contributed by atoms with Gasteiger partial charge in [0, 0.05) is 23.4 Å². The van der Waals surface area contributed by atoms with Gasteiger partial charge >= 0.3 is 0 Å². The van der Waals surface area contributed by atoms with Gasteiger partial charge < -0.3 is 15.3 Å². The summed E-state index contributed by atoms with van der Waals surface area (Å²) in [6, 6.07) is 0. The molecule has 0 radical (unpaired) electrons. The largest absolute Gasteiger partial charge is 0.396 e. The molecule has 27 heavy (non-hydrogen) atoms. The Morgan fingerprint density at radius 1 is 1.22 bits per heavy atom. The van der Waals surface area contributed by atoms with Crippen molar-refractivity contribution < 1.29 is 24.9 Å². The third kappa shape index (κ3) is 2.28. The lowest BCUT2D eigenvalue weighted by atomic mass is 9.47. The standard InChI is InChI=1S/C22H30O5/c1-20-7-5-15(25)9-13(20)3-4-16-17(20)6-8-21(2)18(16)10-14(11-23)22(21,27)19(26)12-24/h5,7,9,14,16-18,23-24,27H,3-4,6,8,10-12H2,1-2H3/t14-,16+,17-,18-,20-,21-,22-/m0/s1. The Bertz CT molecular complexity index is 739. The first kappa shape index (κ1) is 19.0. The molecule has 0 aliphatic heterocycles. The number of fused-ring (bicyclic) bond motifs is 5. The van der Waals surface area contributed by atoms with Crippen LogP contribution in [-0.2, 0) is 9.59 Å². The second kappa shape index (κ2) is 6.10. The first-order chi connectivity index (χ1) is 12.7. The number of Topliss-reactive ketones (excluding diaryl/α,β-unsaturated/α-hetero) is 1. The summed E-state index contributed by atoms with van der Waals surface area (Å²) in [5.41, 5.74) is -1.23. The molecule has 0 aromatic carbocycles. The number of rotatable bonds is 3. The van der Waals surface area contributed by atoms with E-state index >= 15 is 0 Å². The van der Waals surface area contributed by atoms with Gasteiger partial charge in [-0.2, -0.15) is 0 Å². The van der Waals surface area contributed by atoms with Gasteiger partial charge in [-0.3, -0.25) is 9.59 Å². The number of carbonyl (C=O) groups is 2. The topological polar surface area (TPSA) is 94.8 Å². The molecule has 0 aromatic heterocycles. The van der Waals surface area contributed by atoms with E-state index in [2.05, 4.69) is 13.0 Å². The predicted molar refractivity (Wildman–Crippen MR) is 99.6 cm³/mol. The van der Waals surface area contributed by atoms with Crippen LogP contribution < -0.4 is 0 Å². The zero-order valence-corrected chi connectivity index (χ0v) is 16.1. The Balaban J connectivity index is 1.73. The Kier molecular flexibility index (Phi) is 4.30. The van der Waals surface area contributed by atoms with Crippen LogP contribution in [0, 0.1) is 34.5 Å². The average Bonchev–Trinajstić information content (AvgIpc) is 2.90. The minimum Gasteiger partial charge on any atom is -0.396 e. The number of carbonyl (C=O) groups excluding carboxylic acids is 2. The van der Waals surface area contributed by atoms with E-state index < -0.39 is 29.3 Å². The molecule has 148 valence electrons. The zero-order chi connectivity index (χ0) is 19.6. The van der Waals surface area contributed by atoms with Crippen LogP contribution in [0.4, 0.5) is 0 Å². The second-order valence-corrected chi connectivity index (χ2v) is 9.52. The third-order valence-corrected chi connectivity index (χ3v) is 8.74. The van der Waals surface area contributed by atoms with Crippen molar-refractivity contribution in [3.05, 3.63) is 23.8 Å². The summed E-state index contributed by atoms with van der Waals surface area (Å²) in [5, 5.41) is 30.9. The summed E-state index contributed by atoms with van der Waals surface area (Å²) >= 11 is 0. The van der Waals surface area contributed by atoms with E-state index in [0.717, 1.165) is 19.3 Å². The quantitative estimate of drug-likeness (QED) is 0.700. The first-order valence-corrected chi connectivity index (χ1v) is 10.1. The summed E-state index contributed by atoms with van der Waals surface area (Å²) in [6.45, 7) is 3.25. The molecule has 0 aromatic rings. The normalized spacial score (nSPS) is 48.5. The molecular weight excluding hydrogens is 344 g/mol. The van der Waals surface area contributed by atoms with Crippen LogP contribution in [0.2, 0.25) is 0 Å². The molecule has 0 unspecified atom stereocenters. The lowest BCUT2D eigenvalue weighted by molar-refractivity contribution is -0.172. The number of ketones is 2. The van der Waals surface area contributed by atoms with Gasteiger partial charge in [-0.1, -0.05) is 25.5 Å². The van der Waals surface area contributed by atoms with Gasteiger partial charge in [0.1, 0.15) is 12.2 Å². The fourth-order valence-electron chi connectivity index (χ4n) is 7.24. The minimum atomic E-state index is -1.67. The van der Waals surface area contributed by atoms with Crippen LogP contribution in [0.25, 0.3) is 0 Å². The van der Waals surface area contributed by atoms with Crippen molar-refractivity contribution in [1.82, 2.24) is 0 Å². The molecule has 0 amide bonds. The van der Waals surface area contributed by atoms with Crippen LogP contribution in [0.15, 0.2) is 23.8 Å². The maximum absolute atomic E-state index is 12.6. The van der Waals surface area contributed by atoms with E-state index in [0.29, 0.717) is 24.7 Å². The molecule has 0 spiro atoms. The number of aliphatic hydroxyl groups excluding tert-OH is 2. The monoisotopic (exact) mass is 374 g/mol. The SMILES string of the molecule is C[C@]12C=CC(=O)C=C1CC[C@@H]1[C@@H]2CC[C@@]2(C)[C@H]1C[C@@H](CO)[C@]2(O)C(=O)CO. The van der Waals surface area contributed by atoms with E-state index in [9.17, 15) is 24.9 Å². The fourth-order valence-corrected chi connectivity index (χ4v) is 7.24. The van der Waals surface area contributed by atoms with Crippen molar-refractivity contribution in [1.29, 1.82) is 0 Å². The average molecular weight is 374 g/mol. The fraction of sp³-hybridized carbons (Fsp3) is 0.727. The van der Waals surface area contributed by atoms with Gasteiger partial charge in [0.2, 0.25) is 0 Å². The lowest BCUT2D eigenvalue weighted by Crippen LogP contribution is -2.60. The van der Waals surface area contributed by atoms with Gasteiger partial charge in [-0.05, 0) is 62.0 Å². The van der Waals surface area contributed by atoms with Crippen molar-refractivity contribution in [2.24, 2.45) is 34.5 Å². The minimum absolute atomic E-state index is 0.0608. The molecular formula is C22H30O5. The van der Waals surface area contributed by atoms with E-state index in [4.69, 9.17) is 0 Å². The first-order valence-electron chi connectivity index (χ1n) is 10.1. The molecule has 5 heteroatoms. The molecule has 4 aliphatic rings. The van der Waals surface area contributed by atoms with Crippen molar-refractivity contribution in [2.75, 3.05) is 13.2 Å². The maximum atomic E-state index is 12.6. The Labute approximate surface area is 160 Å². The summed E-state index contributed by atoms with van der Waals surface area (Å²) in [4.78, 5) is 24.4. The van der Waals surface area contributed by atoms with Crippen molar-refractivity contribution in [3.63, 3.8) is 0 Å². The highest BCUT2D eigenvalue weighted by molar-refractivity contribution is 6.01. The maximum Gasteiger partial charge on any atom is 0.190 e. The van der Waals surface area contributed by atoms with Crippen molar-refractivity contribution >= 4 is 11.6 Å². The molecule has 4 rings (SSSR count). The predicted octanol–water partition coefficient (Wildman–Crippen LogP) is 1.81. The highest BCUT2D eigenvalue weighted by atomic mass is 16.3. The van der Waals surface area contributed by atoms with Crippen LogP contribution in [0.5, 0.6) is 0 Å². The number of aliphatic hydroxyl groups is 3. The van der Waals surface area contributed by atoms with Crippen LogP contribution in [0.1, 0.15) is 46.0 Å². The molecule has 3 N–H and O–H groups in total. The van der Waals surface area contributed by atoms with Gasteiger partial charge in [0.25, 0.3) is 0 Å². The summed E-state index contributed by atoms with van der Waals surface area (Å²) in [7, 11) is 0. The Morgan fingerprint density at radius 2 is 1.96 bits per heavy atom. The van der Waals surface area contributed by atoms with E-state index in [1.165, 1.54) is 5.57 Å². The van der Waals surface area contributed by atoms with Crippen LogP contribution in [-0.4, -0.2) is 45.7 Å². The molecule has 0 bridgehead atoms. The molecule has 3 saturated carbocycles. The Morgan fingerprint density at radius 3 is 2.63 bits per heavy atom. The van der Waals surface area contributed by atoms with Crippen LogP contribution >= 0.6 is 0 Å². The smallest absolute Gasteiger partial charge is 0.190 e. The highest BCUT2D eigenvalue weighted by Crippen LogP contribution is 2.68. The molecule has 5 nitrogen and oxygen atoms in total. The zero-order valence-electron chi connectivity index (χ0n) is 16.1. The lowest BCUT2D eigenvalue weighted by Gasteiger charge is -2.58. The van der Waals surface area contributed by atoms with Gasteiger partial charge in [0.05, 0.1) is 0 Å². The molecule has 4 aliphatic carbocycles. The number of hydrogen-bond acceptors (Lipinski definition) is 5. The van der Waals surface area contributed by atoms with Gasteiger partial charge in [-0.15, -0.1) is 0 Å². The van der Waals surface area contributed by atoms with E-state index in [1.54, 1.807) is 12.2 Å². The highest BCUT2D eigenvalue weighted by Gasteiger charge is 2.69. The summed E-state index contributed by atoms with van der Waals surface area (Å²) in [6.07, 6.45) is 9.48. The summed E-state index contributed by atoms with van der Waals surface area (Å²) < 4.78 is 0. The molecule has 0 saturated heterocycles. The molecule has 3 fully saturated rings. The van der Waals surface area contributed by atoms with E-state index in [-0.39, 0.29) is 23.7 Å². The Hall–Kier alpha value is -1.30. The van der Waals surface area contributed by atoms with Crippen molar-refractivity contribution in [2.45, 2.75) is 51.6 Å².